The minimum atomic E-state index is -0.409. The number of non-ortho nitro benzene ring substituents is 1. The predicted molar refractivity (Wildman–Crippen MR) is 78.3 cm³/mol. The lowest BCUT2D eigenvalue weighted by Crippen LogP contribution is -2.11. The normalized spacial score (nSPS) is 10.1. The third kappa shape index (κ3) is 3.98. The van der Waals surface area contributed by atoms with E-state index in [9.17, 15) is 10.1 Å². The van der Waals surface area contributed by atoms with Crippen molar-refractivity contribution in [1.82, 2.24) is 0 Å². The highest BCUT2D eigenvalue weighted by Gasteiger charge is 2.04. The molecule has 0 aliphatic rings. The van der Waals surface area contributed by atoms with Crippen molar-refractivity contribution >= 4 is 11.4 Å². The zero-order valence-corrected chi connectivity index (χ0v) is 11.2. The molecule has 0 saturated heterocycles. The van der Waals surface area contributed by atoms with E-state index in [0.717, 1.165) is 5.75 Å². The molecule has 0 fully saturated rings. The van der Waals surface area contributed by atoms with Crippen molar-refractivity contribution in [3.8, 4) is 5.75 Å². The predicted octanol–water partition coefficient (Wildman–Crippen LogP) is 3.39. The Hall–Kier alpha value is -2.56. The van der Waals surface area contributed by atoms with Gasteiger partial charge in [-0.25, -0.2) is 0 Å². The quantitative estimate of drug-likeness (QED) is 0.497. The maximum Gasteiger partial charge on any atom is 0.271 e. The molecule has 0 unspecified atom stereocenters. The summed E-state index contributed by atoms with van der Waals surface area (Å²) in [4.78, 5) is 10.2. The number of rotatable bonds is 6. The molecule has 0 amide bonds. The van der Waals surface area contributed by atoms with Crippen molar-refractivity contribution in [2.75, 3.05) is 18.5 Å². The summed E-state index contributed by atoms with van der Waals surface area (Å²) in [5.41, 5.74) is 1.98. The highest BCUT2D eigenvalue weighted by atomic mass is 16.6. The van der Waals surface area contributed by atoms with Gasteiger partial charge in [0, 0.05) is 24.4 Å². The Morgan fingerprint density at radius 2 is 1.95 bits per heavy atom. The summed E-state index contributed by atoms with van der Waals surface area (Å²) in [7, 11) is 0. The van der Waals surface area contributed by atoms with E-state index in [4.69, 9.17) is 4.74 Å². The molecule has 0 radical (unpaired) electrons. The van der Waals surface area contributed by atoms with Gasteiger partial charge in [-0.2, -0.15) is 0 Å². The Kier molecular flexibility index (Phi) is 4.55. The van der Waals surface area contributed by atoms with Crippen LogP contribution < -0.4 is 10.1 Å². The van der Waals surface area contributed by atoms with Crippen molar-refractivity contribution in [2.24, 2.45) is 0 Å². The van der Waals surface area contributed by atoms with Crippen LogP contribution in [0.4, 0.5) is 11.4 Å². The lowest BCUT2D eigenvalue weighted by atomic mass is 10.2. The molecule has 0 heterocycles. The lowest BCUT2D eigenvalue weighted by molar-refractivity contribution is -0.384. The molecule has 0 bridgehead atoms. The average Bonchev–Trinajstić information content (AvgIpc) is 2.46. The maximum absolute atomic E-state index is 10.6. The molecule has 1 N–H and O–H groups in total. The molecule has 2 aromatic rings. The third-order valence-electron chi connectivity index (χ3n) is 2.78. The van der Waals surface area contributed by atoms with Crippen molar-refractivity contribution < 1.29 is 9.66 Å². The van der Waals surface area contributed by atoms with E-state index in [1.165, 1.54) is 17.7 Å². The summed E-state index contributed by atoms with van der Waals surface area (Å²) in [5.74, 6) is 0.816. The van der Waals surface area contributed by atoms with E-state index < -0.39 is 4.92 Å². The van der Waals surface area contributed by atoms with E-state index >= 15 is 0 Å². The van der Waals surface area contributed by atoms with Gasteiger partial charge in [0.25, 0.3) is 5.69 Å². The number of nitrogens with one attached hydrogen (secondary N) is 1. The van der Waals surface area contributed by atoms with Crippen LogP contribution in [0.3, 0.4) is 0 Å². The van der Waals surface area contributed by atoms with Gasteiger partial charge >= 0.3 is 0 Å². The third-order valence-corrected chi connectivity index (χ3v) is 2.78. The van der Waals surface area contributed by atoms with Crippen LogP contribution in [0.15, 0.2) is 48.5 Å². The zero-order valence-electron chi connectivity index (χ0n) is 11.2. The lowest BCUT2D eigenvalue weighted by Gasteiger charge is -2.08. The van der Waals surface area contributed by atoms with Crippen LogP contribution >= 0.6 is 0 Å². The summed E-state index contributed by atoms with van der Waals surface area (Å²) in [6.07, 6.45) is 0. The second-order valence-electron chi connectivity index (χ2n) is 4.40. The molecule has 5 nitrogen and oxygen atoms in total. The van der Waals surface area contributed by atoms with Crippen molar-refractivity contribution in [1.29, 1.82) is 0 Å². The van der Waals surface area contributed by atoms with Crippen LogP contribution in [-0.2, 0) is 0 Å². The number of nitro groups is 1. The van der Waals surface area contributed by atoms with Crippen LogP contribution in [0.25, 0.3) is 0 Å². The molecular weight excluding hydrogens is 256 g/mol. The average molecular weight is 272 g/mol. The van der Waals surface area contributed by atoms with Gasteiger partial charge in [-0.3, -0.25) is 10.1 Å². The van der Waals surface area contributed by atoms with Gasteiger partial charge in [-0.05, 0) is 25.1 Å². The summed E-state index contributed by atoms with van der Waals surface area (Å²) in [6.45, 7) is 3.09. The van der Waals surface area contributed by atoms with Crippen molar-refractivity contribution in [2.45, 2.75) is 6.92 Å². The molecule has 0 spiro atoms. The fraction of sp³-hybridized carbons (Fsp3) is 0.200. The van der Waals surface area contributed by atoms with Gasteiger partial charge in [-0.15, -0.1) is 0 Å². The Balaban J connectivity index is 1.79. The number of ether oxygens (including phenoxy) is 1. The molecule has 0 aliphatic carbocycles. The Labute approximate surface area is 117 Å². The molecule has 0 aliphatic heterocycles. The van der Waals surface area contributed by atoms with Crippen molar-refractivity contribution in [3.05, 3.63) is 64.2 Å². The van der Waals surface area contributed by atoms with Gasteiger partial charge in [0.15, 0.2) is 0 Å². The van der Waals surface area contributed by atoms with Crippen LogP contribution in [0.2, 0.25) is 0 Å². The number of nitro benzene ring substituents is 1. The number of anilines is 1. The van der Waals surface area contributed by atoms with Gasteiger partial charge in [0.2, 0.25) is 0 Å². The first kappa shape index (κ1) is 13.9. The summed E-state index contributed by atoms with van der Waals surface area (Å²) >= 11 is 0. The highest BCUT2D eigenvalue weighted by Crippen LogP contribution is 2.17. The van der Waals surface area contributed by atoms with E-state index in [1.54, 1.807) is 12.1 Å². The number of benzene rings is 2. The molecule has 5 heteroatoms. The van der Waals surface area contributed by atoms with Crippen LogP contribution in [0.1, 0.15) is 5.56 Å². The second-order valence-corrected chi connectivity index (χ2v) is 4.40. The molecule has 2 aromatic carbocycles. The fourth-order valence-electron chi connectivity index (χ4n) is 1.73. The molecule has 0 saturated carbocycles. The van der Waals surface area contributed by atoms with Gasteiger partial charge in [0.1, 0.15) is 12.4 Å². The first-order valence-electron chi connectivity index (χ1n) is 6.33. The van der Waals surface area contributed by atoms with E-state index in [-0.39, 0.29) is 5.69 Å². The molecule has 104 valence electrons. The first-order chi connectivity index (χ1) is 9.65. The maximum atomic E-state index is 10.6. The molecule has 20 heavy (non-hydrogen) atoms. The van der Waals surface area contributed by atoms with E-state index in [2.05, 4.69) is 5.32 Å². The number of aryl methyl sites for hydroxylation is 1. The van der Waals surface area contributed by atoms with E-state index in [0.29, 0.717) is 18.8 Å². The Bertz CT molecular complexity index is 582. The van der Waals surface area contributed by atoms with Crippen LogP contribution in [0.5, 0.6) is 5.75 Å². The number of nitrogens with zero attached hydrogens (tertiary/aromatic N) is 1. The molecule has 2 rings (SSSR count). The van der Waals surface area contributed by atoms with Crippen molar-refractivity contribution in [3.63, 3.8) is 0 Å². The molecule has 0 aromatic heterocycles. The van der Waals surface area contributed by atoms with Gasteiger partial charge in [0.05, 0.1) is 4.92 Å². The number of hydrogen-bond acceptors (Lipinski definition) is 4. The summed E-state index contributed by atoms with van der Waals surface area (Å²) < 4.78 is 5.56. The highest BCUT2D eigenvalue weighted by molar-refractivity contribution is 5.50. The second kappa shape index (κ2) is 6.56. The first-order valence-corrected chi connectivity index (χ1v) is 6.33. The smallest absolute Gasteiger partial charge is 0.271 e. The fourth-order valence-corrected chi connectivity index (χ4v) is 1.73. The standard InChI is InChI=1S/C15H16N2O3/c1-12-5-7-15(8-6-12)20-10-9-16-13-3-2-4-14(11-13)17(18)19/h2-8,11,16H,9-10H2,1H3. The summed E-state index contributed by atoms with van der Waals surface area (Å²) in [6, 6.07) is 14.2. The zero-order chi connectivity index (χ0) is 14.4. The topological polar surface area (TPSA) is 64.4 Å². The Morgan fingerprint density at radius 3 is 2.65 bits per heavy atom. The SMILES string of the molecule is Cc1ccc(OCCNc2cccc([N+](=O)[O-])c2)cc1. The van der Waals surface area contributed by atoms with Gasteiger partial charge in [-0.1, -0.05) is 23.8 Å². The van der Waals surface area contributed by atoms with Gasteiger partial charge < -0.3 is 10.1 Å². The van der Waals surface area contributed by atoms with Crippen LogP contribution in [0, 0.1) is 17.0 Å². The largest absolute Gasteiger partial charge is 0.492 e. The van der Waals surface area contributed by atoms with E-state index in [1.807, 2.05) is 31.2 Å². The summed E-state index contributed by atoms with van der Waals surface area (Å²) in [5, 5.41) is 13.7. The monoisotopic (exact) mass is 272 g/mol. The molecule has 0 atom stereocenters. The minimum Gasteiger partial charge on any atom is -0.492 e. The minimum absolute atomic E-state index is 0.0782. The molecular formula is C15H16N2O3. The number of hydrogen-bond donors (Lipinski definition) is 1. The van der Waals surface area contributed by atoms with Crippen LogP contribution in [-0.4, -0.2) is 18.1 Å². The Morgan fingerprint density at radius 1 is 1.20 bits per heavy atom.